The maximum atomic E-state index is 12.8. The molecule has 0 atom stereocenters. The van der Waals surface area contributed by atoms with Crippen molar-refractivity contribution in [3.8, 4) is 0 Å². The molecule has 0 saturated heterocycles. The van der Waals surface area contributed by atoms with E-state index in [1.165, 1.54) is 28.8 Å². The summed E-state index contributed by atoms with van der Waals surface area (Å²) in [6.45, 7) is 8.03. The van der Waals surface area contributed by atoms with Crippen molar-refractivity contribution in [2.45, 2.75) is 45.4 Å². The highest BCUT2D eigenvalue weighted by Gasteiger charge is 2.23. The van der Waals surface area contributed by atoms with Gasteiger partial charge < -0.3 is 5.32 Å². The molecule has 2 aromatic heterocycles. The molecular weight excluding hydrogens is 440 g/mol. The second-order valence-electron chi connectivity index (χ2n) is 7.01. The zero-order chi connectivity index (χ0) is 22.8. The molecular formula is C20H25ClN6O3S. The number of benzene rings is 1. The lowest BCUT2D eigenvalue weighted by molar-refractivity contribution is -0.116. The van der Waals surface area contributed by atoms with E-state index in [0.29, 0.717) is 25.3 Å². The first-order valence-corrected chi connectivity index (χ1v) is 11.8. The van der Waals surface area contributed by atoms with Crippen molar-refractivity contribution in [2.24, 2.45) is 0 Å². The highest BCUT2D eigenvalue weighted by atomic mass is 35.5. The van der Waals surface area contributed by atoms with E-state index in [1.807, 2.05) is 13.8 Å². The number of nitrogens with one attached hydrogen (secondary N) is 1. The van der Waals surface area contributed by atoms with Crippen molar-refractivity contribution in [3.05, 3.63) is 46.5 Å². The SMILES string of the molecule is CCN(CC)S(=O)(=O)c1ccc(Cl)c(NC(=O)CCc2c(C)nc3ncnn3c2C)c1. The van der Waals surface area contributed by atoms with E-state index in [9.17, 15) is 13.2 Å². The van der Waals surface area contributed by atoms with Gasteiger partial charge in [-0.3, -0.25) is 4.79 Å². The third kappa shape index (κ3) is 4.70. The molecule has 31 heavy (non-hydrogen) atoms. The summed E-state index contributed by atoms with van der Waals surface area (Å²) >= 11 is 6.21. The van der Waals surface area contributed by atoms with Crippen LogP contribution in [0.4, 0.5) is 5.69 Å². The van der Waals surface area contributed by atoms with Gasteiger partial charge in [0.25, 0.3) is 5.78 Å². The number of amides is 1. The molecule has 1 aromatic carbocycles. The molecule has 1 N–H and O–H groups in total. The second kappa shape index (κ2) is 9.29. The number of carbonyl (C=O) groups excluding carboxylic acids is 1. The summed E-state index contributed by atoms with van der Waals surface area (Å²) in [5, 5.41) is 7.15. The Balaban J connectivity index is 1.77. The number of rotatable bonds is 8. The van der Waals surface area contributed by atoms with Crippen LogP contribution in [0.2, 0.25) is 5.02 Å². The van der Waals surface area contributed by atoms with Crippen molar-refractivity contribution in [1.82, 2.24) is 23.9 Å². The van der Waals surface area contributed by atoms with Crippen molar-refractivity contribution in [2.75, 3.05) is 18.4 Å². The fraction of sp³-hybridized carbons (Fsp3) is 0.400. The summed E-state index contributed by atoms with van der Waals surface area (Å²) < 4.78 is 28.5. The van der Waals surface area contributed by atoms with E-state index in [0.717, 1.165) is 17.0 Å². The normalized spacial score (nSPS) is 11.9. The minimum absolute atomic E-state index is 0.0865. The van der Waals surface area contributed by atoms with Crippen LogP contribution in [-0.2, 0) is 21.2 Å². The van der Waals surface area contributed by atoms with Crippen molar-refractivity contribution >= 4 is 39.0 Å². The molecule has 3 rings (SSSR count). The van der Waals surface area contributed by atoms with Gasteiger partial charge in [-0.15, -0.1) is 0 Å². The summed E-state index contributed by atoms with van der Waals surface area (Å²) in [4.78, 5) is 21.2. The summed E-state index contributed by atoms with van der Waals surface area (Å²) in [6.07, 6.45) is 2.06. The quantitative estimate of drug-likeness (QED) is 0.548. The van der Waals surface area contributed by atoms with Gasteiger partial charge in [-0.05, 0) is 44.0 Å². The Kier molecular flexibility index (Phi) is 6.93. The predicted octanol–water partition coefficient (Wildman–Crippen LogP) is 3.00. The molecule has 0 aliphatic heterocycles. The fourth-order valence-electron chi connectivity index (χ4n) is 3.44. The lowest BCUT2D eigenvalue weighted by Gasteiger charge is -2.19. The number of sulfonamides is 1. The largest absolute Gasteiger partial charge is 0.325 e. The van der Waals surface area contributed by atoms with Crippen LogP contribution in [0.3, 0.4) is 0 Å². The molecule has 0 spiro atoms. The number of halogens is 1. The van der Waals surface area contributed by atoms with Gasteiger partial charge in [0.2, 0.25) is 15.9 Å². The summed E-state index contributed by atoms with van der Waals surface area (Å²) in [7, 11) is -3.66. The van der Waals surface area contributed by atoms with Gasteiger partial charge in [0.1, 0.15) is 6.33 Å². The monoisotopic (exact) mass is 464 g/mol. The zero-order valence-corrected chi connectivity index (χ0v) is 19.5. The number of hydrogen-bond donors (Lipinski definition) is 1. The molecule has 0 radical (unpaired) electrons. The van der Waals surface area contributed by atoms with E-state index < -0.39 is 10.0 Å². The number of anilines is 1. The van der Waals surface area contributed by atoms with Crippen molar-refractivity contribution in [3.63, 3.8) is 0 Å². The Morgan fingerprint density at radius 3 is 2.61 bits per heavy atom. The molecule has 0 bridgehead atoms. The molecule has 11 heteroatoms. The molecule has 0 aliphatic rings. The minimum Gasteiger partial charge on any atom is -0.325 e. The second-order valence-corrected chi connectivity index (χ2v) is 9.36. The van der Waals surface area contributed by atoms with Crippen LogP contribution in [0.5, 0.6) is 0 Å². The Morgan fingerprint density at radius 2 is 1.94 bits per heavy atom. The van der Waals surface area contributed by atoms with Crippen molar-refractivity contribution < 1.29 is 13.2 Å². The van der Waals surface area contributed by atoms with Crippen LogP contribution in [0.25, 0.3) is 5.78 Å². The first-order valence-electron chi connectivity index (χ1n) is 9.94. The number of aryl methyl sites for hydroxylation is 2. The van der Waals surface area contributed by atoms with Crippen LogP contribution in [0.1, 0.15) is 37.2 Å². The summed E-state index contributed by atoms with van der Waals surface area (Å²) in [6, 6.07) is 4.31. The zero-order valence-electron chi connectivity index (χ0n) is 17.9. The number of nitrogens with zero attached hydrogens (tertiary/aromatic N) is 5. The Labute approximate surface area is 186 Å². The molecule has 1 amide bonds. The highest BCUT2D eigenvalue weighted by Crippen LogP contribution is 2.27. The average Bonchev–Trinajstić information content (AvgIpc) is 3.18. The van der Waals surface area contributed by atoms with Gasteiger partial charge in [0.05, 0.1) is 15.6 Å². The first-order chi connectivity index (χ1) is 14.7. The number of carbonyl (C=O) groups is 1. The third-order valence-corrected chi connectivity index (χ3v) is 7.52. The van der Waals surface area contributed by atoms with Gasteiger partial charge >= 0.3 is 0 Å². The van der Waals surface area contributed by atoms with Gasteiger partial charge in [0.15, 0.2) is 0 Å². The topological polar surface area (TPSA) is 110 Å². The van der Waals surface area contributed by atoms with E-state index >= 15 is 0 Å². The Morgan fingerprint density at radius 1 is 1.23 bits per heavy atom. The summed E-state index contributed by atoms with van der Waals surface area (Å²) in [5.74, 6) is 0.234. The molecule has 2 heterocycles. The lowest BCUT2D eigenvalue weighted by atomic mass is 10.1. The molecule has 0 unspecified atom stereocenters. The van der Waals surface area contributed by atoms with Crippen LogP contribution in [-0.4, -0.2) is 51.3 Å². The van der Waals surface area contributed by atoms with Crippen LogP contribution in [0, 0.1) is 13.8 Å². The number of aromatic nitrogens is 4. The lowest BCUT2D eigenvalue weighted by Crippen LogP contribution is -2.30. The molecule has 166 valence electrons. The maximum Gasteiger partial charge on any atom is 0.252 e. The minimum atomic E-state index is -3.66. The van der Waals surface area contributed by atoms with E-state index in [2.05, 4.69) is 20.4 Å². The van der Waals surface area contributed by atoms with Gasteiger partial charge in [0, 0.05) is 30.9 Å². The van der Waals surface area contributed by atoms with Crippen LogP contribution >= 0.6 is 11.6 Å². The van der Waals surface area contributed by atoms with Gasteiger partial charge in [-0.1, -0.05) is 25.4 Å². The molecule has 3 aromatic rings. The maximum absolute atomic E-state index is 12.8. The molecule has 0 saturated carbocycles. The van der Waals surface area contributed by atoms with Crippen molar-refractivity contribution in [1.29, 1.82) is 0 Å². The van der Waals surface area contributed by atoms with E-state index in [4.69, 9.17) is 11.6 Å². The van der Waals surface area contributed by atoms with E-state index in [1.54, 1.807) is 18.4 Å². The van der Waals surface area contributed by atoms with Crippen LogP contribution < -0.4 is 5.32 Å². The molecule has 9 nitrogen and oxygen atoms in total. The van der Waals surface area contributed by atoms with E-state index in [-0.39, 0.29) is 27.9 Å². The summed E-state index contributed by atoms with van der Waals surface area (Å²) in [5.41, 5.74) is 2.84. The Hall–Kier alpha value is -2.56. The number of hydrogen-bond acceptors (Lipinski definition) is 6. The molecule has 0 aliphatic carbocycles. The van der Waals surface area contributed by atoms with Crippen LogP contribution in [0.15, 0.2) is 29.4 Å². The smallest absolute Gasteiger partial charge is 0.252 e. The van der Waals surface area contributed by atoms with Gasteiger partial charge in [-0.25, -0.2) is 17.9 Å². The van der Waals surface area contributed by atoms with Gasteiger partial charge in [-0.2, -0.15) is 14.4 Å². The number of fused-ring (bicyclic) bond motifs is 1. The fourth-order valence-corrected chi connectivity index (χ4v) is 5.09. The highest BCUT2D eigenvalue weighted by molar-refractivity contribution is 7.89. The standard InChI is InChI=1S/C20H25ClN6O3S/c1-5-26(6-2)31(29,30)15-7-9-17(21)18(11-15)25-19(28)10-8-16-13(3)24-20-22-12-23-27(20)14(16)4/h7,9,11-12H,5-6,8,10H2,1-4H3,(H,25,28). The third-order valence-electron chi connectivity index (χ3n) is 5.15. The Bertz CT molecular complexity index is 1220. The first kappa shape index (κ1) is 23.1. The predicted molar refractivity (Wildman–Crippen MR) is 119 cm³/mol. The molecule has 0 fully saturated rings. The average molecular weight is 465 g/mol.